The lowest BCUT2D eigenvalue weighted by Gasteiger charge is -2.06. The molecule has 54 valence electrons. The number of nitrogens with zero attached hydrogens (tertiary/aromatic N) is 1. The summed E-state index contributed by atoms with van der Waals surface area (Å²) in [5.74, 6) is 4.84. The Hall–Kier alpha value is -0.800. The molecule has 2 nitrogen and oxygen atoms in total. The molecule has 1 aromatic carbocycles. The van der Waals surface area contributed by atoms with E-state index in [-0.39, 0.29) is 5.82 Å². The Morgan fingerprint density at radius 3 is 2.20 bits per heavy atom. The number of hydrogen-bond donors (Lipinski definition) is 1. The van der Waals surface area contributed by atoms with E-state index in [1.165, 1.54) is 24.3 Å². The third kappa shape index (κ3) is 1.59. The molecule has 0 atom stereocenters. The van der Waals surface area contributed by atoms with Crippen molar-refractivity contribution in [3.63, 3.8) is 0 Å². The minimum absolute atomic E-state index is 0.303. The second-order valence-electron chi connectivity index (χ2n) is 1.79. The van der Waals surface area contributed by atoms with Crippen LogP contribution in [0, 0.1) is 5.82 Å². The summed E-state index contributed by atoms with van der Waals surface area (Å²) in [5.41, 5.74) is 0.558. The van der Waals surface area contributed by atoms with E-state index in [1.54, 1.807) is 0 Å². The SMILES string of the molecule is NN(Cl)c1ccc(F)cc1. The molecular weight excluding hydrogens is 155 g/mol. The number of hydrazine groups is 1. The van der Waals surface area contributed by atoms with Gasteiger partial charge in [0.25, 0.3) is 0 Å². The van der Waals surface area contributed by atoms with Gasteiger partial charge in [-0.15, -0.1) is 0 Å². The molecule has 4 heteroatoms. The van der Waals surface area contributed by atoms with Crippen molar-refractivity contribution in [3.8, 4) is 0 Å². The molecule has 1 rings (SSSR count). The normalized spacial score (nSPS) is 9.50. The first-order valence-corrected chi connectivity index (χ1v) is 3.00. The number of nitrogens with two attached hydrogens (primary N) is 1. The monoisotopic (exact) mass is 160 g/mol. The van der Waals surface area contributed by atoms with Crippen LogP contribution in [-0.2, 0) is 0 Å². The molecule has 0 radical (unpaired) electrons. The summed E-state index contributed by atoms with van der Waals surface area (Å²) >= 11 is 5.34. The van der Waals surface area contributed by atoms with Crippen LogP contribution in [0.4, 0.5) is 10.1 Å². The maximum atomic E-state index is 12.2. The van der Waals surface area contributed by atoms with E-state index in [1.807, 2.05) is 0 Å². The topological polar surface area (TPSA) is 29.3 Å². The van der Waals surface area contributed by atoms with Crippen molar-refractivity contribution in [1.29, 1.82) is 0 Å². The van der Waals surface area contributed by atoms with Gasteiger partial charge in [-0.05, 0) is 24.3 Å². The summed E-state index contributed by atoms with van der Waals surface area (Å²) in [6.07, 6.45) is 0. The molecule has 2 N–H and O–H groups in total. The lowest BCUT2D eigenvalue weighted by Crippen LogP contribution is -2.17. The molecule has 0 aliphatic rings. The van der Waals surface area contributed by atoms with Crippen LogP contribution >= 0.6 is 11.8 Å². The molecular formula is C6H6ClFN2. The van der Waals surface area contributed by atoms with Crippen LogP contribution in [0.3, 0.4) is 0 Å². The molecule has 0 aliphatic carbocycles. The zero-order chi connectivity index (χ0) is 7.56. The Morgan fingerprint density at radius 2 is 1.80 bits per heavy atom. The molecule has 0 unspecified atom stereocenters. The van der Waals surface area contributed by atoms with Crippen LogP contribution in [0.25, 0.3) is 0 Å². The van der Waals surface area contributed by atoms with Crippen LogP contribution < -0.4 is 10.4 Å². The lowest BCUT2D eigenvalue weighted by molar-refractivity contribution is 0.628. The van der Waals surface area contributed by atoms with Gasteiger partial charge in [0.15, 0.2) is 0 Å². The summed E-state index contributed by atoms with van der Waals surface area (Å²) in [6, 6.07) is 5.56. The van der Waals surface area contributed by atoms with Crippen molar-refractivity contribution in [2.75, 3.05) is 4.53 Å². The van der Waals surface area contributed by atoms with E-state index in [4.69, 9.17) is 17.6 Å². The standard InChI is InChI=1S/C6H6ClFN2/c7-10(9)6-3-1-5(8)2-4-6/h1-4H,9H2. The van der Waals surface area contributed by atoms with E-state index < -0.39 is 0 Å². The van der Waals surface area contributed by atoms with Crippen LogP contribution in [0.2, 0.25) is 0 Å². The molecule has 0 saturated heterocycles. The Morgan fingerprint density at radius 1 is 1.30 bits per heavy atom. The zero-order valence-corrected chi connectivity index (χ0v) is 5.85. The molecule has 10 heavy (non-hydrogen) atoms. The Labute approximate surface area is 63.1 Å². The van der Waals surface area contributed by atoms with Gasteiger partial charge in [0.1, 0.15) is 5.82 Å². The average Bonchev–Trinajstić information content (AvgIpc) is 1.88. The van der Waals surface area contributed by atoms with Gasteiger partial charge in [-0.3, -0.25) is 0 Å². The van der Waals surface area contributed by atoms with Crippen molar-refractivity contribution in [1.82, 2.24) is 0 Å². The fraction of sp³-hybridized carbons (Fsp3) is 0. The zero-order valence-electron chi connectivity index (χ0n) is 5.09. The number of hydrogen-bond acceptors (Lipinski definition) is 2. The first kappa shape index (κ1) is 7.31. The van der Waals surface area contributed by atoms with Gasteiger partial charge in [-0.1, -0.05) is 0 Å². The highest BCUT2D eigenvalue weighted by molar-refractivity contribution is 6.24. The van der Waals surface area contributed by atoms with Crippen molar-refractivity contribution < 1.29 is 4.39 Å². The minimum Gasteiger partial charge on any atom is -0.232 e. The second kappa shape index (κ2) is 2.86. The maximum Gasteiger partial charge on any atom is 0.123 e. The average molecular weight is 161 g/mol. The van der Waals surface area contributed by atoms with Crippen LogP contribution in [0.1, 0.15) is 0 Å². The predicted molar refractivity (Wildman–Crippen MR) is 38.9 cm³/mol. The van der Waals surface area contributed by atoms with Gasteiger partial charge in [0.2, 0.25) is 0 Å². The van der Waals surface area contributed by atoms with E-state index in [0.29, 0.717) is 5.69 Å². The van der Waals surface area contributed by atoms with E-state index >= 15 is 0 Å². The smallest absolute Gasteiger partial charge is 0.123 e. The molecule has 0 amide bonds. The number of halogens is 2. The highest BCUT2D eigenvalue weighted by Gasteiger charge is 1.95. The summed E-state index contributed by atoms with van der Waals surface area (Å²) in [5, 5.41) is 0. The van der Waals surface area contributed by atoms with E-state index in [2.05, 4.69) is 0 Å². The molecule has 0 saturated carbocycles. The van der Waals surface area contributed by atoms with Crippen molar-refractivity contribution in [2.24, 2.45) is 5.84 Å². The van der Waals surface area contributed by atoms with Crippen LogP contribution in [0.15, 0.2) is 24.3 Å². The van der Waals surface area contributed by atoms with Crippen molar-refractivity contribution in [3.05, 3.63) is 30.1 Å². The highest BCUT2D eigenvalue weighted by Crippen LogP contribution is 2.12. The van der Waals surface area contributed by atoms with Gasteiger partial charge < -0.3 is 0 Å². The van der Waals surface area contributed by atoms with Gasteiger partial charge in [-0.2, -0.15) is 0 Å². The first-order valence-electron chi connectivity index (χ1n) is 2.66. The Bertz CT molecular complexity index is 209. The molecule has 0 heterocycles. The largest absolute Gasteiger partial charge is 0.232 e. The third-order valence-electron chi connectivity index (χ3n) is 1.07. The molecule has 0 aliphatic heterocycles. The second-order valence-corrected chi connectivity index (χ2v) is 2.15. The minimum atomic E-state index is -0.303. The molecule has 1 aromatic rings. The van der Waals surface area contributed by atoms with E-state index in [0.717, 1.165) is 4.53 Å². The summed E-state index contributed by atoms with van der Waals surface area (Å²) < 4.78 is 13.1. The van der Waals surface area contributed by atoms with Crippen molar-refractivity contribution >= 4 is 17.5 Å². The van der Waals surface area contributed by atoms with Gasteiger partial charge in [-0.25, -0.2) is 14.8 Å². The quantitative estimate of drug-likeness (QED) is 0.385. The number of benzene rings is 1. The summed E-state index contributed by atoms with van der Waals surface area (Å²) in [4.78, 5) is 0. The number of anilines is 1. The molecule has 0 fully saturated rings. The predicted octanol–water partition coefficient (Wildman–Crippen LogP) is 1.66. The molecule has 0 aromatic heterocycles. The van der Waals surface area contributed by atoms with Gasteiger partial charge in [0, 0.05) is 11.8 Å². The Kier molecular flexibility index (Phi) is 2.09. The number of rotatable bonds is 1. The van der Waals surface area contributed by atoms with Crippen molar-refractivity contribution in [2.45, 2.75) is 0 Å². The van der Waals surface area contributed by atoms with Gasteiger partial charge >= 0.3 is 0 Å². The fourth-order valence-electron chi connectivity index (χ4n) is 0.584. The summed E-state index contributed by atoms with van der Waals surface area (Å²) in [6.45, 7) is 0. The van der Waals surface area contributed by atoms with Gasteiger partial charge in [0.05, 0.1) is 5.69 Å². The maximum absolute atomic E-state index is 12.2. The Balaban J connectivity index is 2.89. The highest BCUT2D eigenvalue weighted by atomic mass is 35.5. The fourth-order valence-corrected chi connectivity index (χ4v) is 0.696. The van der Waals surface area contributed by atoms with Crippen LogP contribution in [-0.4, -0.2) is 0 Å². The lowest BCUT2D eigenvalue weighted by atomic mass is 10.3. The molecule has 0 bridgehead atoms. The summed E-state index contributed by atoms with van der Waals surface area (Å²) in [7, 11) is 0. The first-order chi connectivity index (χ1) is 4.70. The molecule has 0 spiro atoms. The third-order valence-corrected chi connectivity index (χ3v) is 1.27. The van der Waals surface area contributed by atoms with Crippen LogP contribution in [0.5, 0.6) is 0 Å². The van der Waals surface area contributed by atoms with E-state index in [9.17, 15) is 4.39 Å².